The Balaban J connectivity index is 2.74. The Morgan fingerprint density at radius 1 is 1.53 bits per heavy atom. The number of ether oxygens (including phenoxy) is 1. The Labute approximate surface area is 94.2 Å². The number of hydrogen-bond acceptors (Lipinski definition) is 3. The van der Waals surface area contributed by atoms with Crippen molar-refractivity contribution in [2.45, 2.75) is 20.0 Å². The minimum atomic E-state index is -0.127. The minimum Gasteiger partial charge on any atom is -0.398 e. The van der Waals surface area contributed by atoms with Crippen molar-refractivity contribution in [3.8, 4) is 0 Å². The van der Waals surface area contributed by atoms with Crippen molar-refractivity contribution < 1.29 is 9.53 Å². The fourth-order valence-corrected chi connectivity index (χ4v) is 1.29. The van der Waals surface area contributed by atoms with Crippen molar-refractivity contribution in [3.05, 3.63) is 28.8 Å². The molecule has 0 saturated carbocycles. The molecule has 0 unspecified atom stereocenters. The third kappa shape index (κ3) is 3.53. The van der Waals surface area contributed by atoms with Crippen LogP contribution in [0, 0.1) is 0 Å². The molecule has 0 atom stereocenters. The summed E-state index contributed by atoms with van der Waals surface area (Å²) < 4.78 is 5.21. The van der Waals surface area contributed by atoms with Crippen LogP contribution < -0.4 is 5.73 Å². The van der Waals surface area contributed by atoms with Gasteiger partial charge in [0.05, 0.1) is 6.10 Å². The van der Waals surface area contributed by atoms with Gasteiger partial charge in [0.15, 0.2) is 5.78 Å². The van der Waals surface area contributed by atoms with E-state index in [0.717, 1.165) is 0 Å². The van der Waals surface area contributed by atoms with E-state index in [2.05, 4.69) is 0 Å². The molecule has 1 aromatic rings. The van der Waals surface area contributed by atoms with E-state index < -0.39 is 0 Å². The first-order chi connectivity index (χ1) is 7.00. The second-order valence-corrected chi connectivity index (χ2v) is 3.95. The van der Waals surface area contributed by atoms with Crippen LogP contribution in [-0.4, -0.2) is 18.5 Å². The monoisotopic (exact) mass is 227 g/mol. The van der Waals surface area contributed by atoms with Crippen LogP contribution in [0.1, 0.15) is 24.2 Å². The summed E-state index contributed by atoms with van der Waals surface area (Å²) in [5.41, 5.74) is 6.51. The average molecular weight is 228 g/mol. The Morgan fingerprint density at radius 2 is 2.20 bits per heavy atom. The zero-order chi connectivity index (χ0) is 11.4. The Bertz CT molecular complexity index is 364. The number of anilines is 1. The predicted octanol–water partition coefficient (Wildman–Crippen LogP) is 2.53. The molecule has 0 amide bonds. The molecule has 0 saturated heterocycles. The van der Waals surface area contributed by atoms with Gasteiger partial charge in [-0.15, -0.1) is 0 Å². The highest BCUT2D eigenvalue weighted by atomic mass is 35.5. The molecular formula is C11H14ClNO2. The molecule has 0 aliphatic rings. The average Bonchev–Trinajstić information content (AvgIpc) is 2.14. The number of Topliss-reactive ketones (excluding diaryl/α,β-unsaturated/α-hetero) is 1. The smallest absolute Gasteiger partial charge is 0.190 e. The van der Waals surface area contributed by atoms with E-state index in [1.807, 2.05) is 13.8 Å². The molecule has 1 rings (SSSR count). The van der Waals surface area contributed by atoms with Crippen molar-refractivity contribution in [2.24, 2.45) is 0 Å². The summed E-state index contributed by atoms with van der Waals surface area (Å²) in [4.78, 5) is 11.6. The van der Waals surface area contributed by atoms with Crippen molar-refractivity contribution in [1.29, 1.82) is 0 Å². The van der Waals surface area contributed by atoms with Gasteiger partial charge in [0.25, 0.3) is 0 Å². The van der Waals surface area contributed by atoms with Gasteiger partial charge in [-0.25, -0.2) is 0 Å². The number of ketones is 1. The quantitative estimate of drug-likeness (QED) is 0.635. The maximum absolute atomic E-state index is 11.6. The number of nitrogens with two attached hydrogens (primary N) is 1. The molecule has 0 aliphatic heterocycles. The van der Waals surface area contributed by atoms with Gasteiger partial charge in [0, 0.05) is 16.3 Å². The molecule has 0 spiro atoms. The number of nitrogen functional groups attached to an aromatic ring is 1. The largest absolute Gasteiger partial charge is 0.398 e. The van der Waals surface area contributed by atoms with Crippen LogP contribution in [0.2, 0.25) is 5.02 Å². The lowest BCUT2D eigenvalue weighted by Crippen LogP contribution is -2.14. The number of rotatable bonds is 4. The van der Waals surface area contributed by atoms with E-state index in [1.165, 1.54) is 0 Å². The number of hydrogen-bond donors (Lipinski definition) is 1. The van der Waals surface area contributed by atoms with Gasteiger partial charge in [-0.05, 0) is 32.0 Å². The van der Waals surface area contributed by atoms with Crippen LogP contribution in [0.25, 0.3) is 0 Å². The molecule has 0 heterocycles. The molecule has 82 valence electrons. The second-order valence-electron chi connectivity index (χ2n) is 3.51. The summed E-state index contributed by atoms with van der Waals surface area (Å²) >= 11 is 5.73. The third-order valence-corrected chi connectivity index (χ3v) is 2.10. The Kier molecular flexibility index (Phi) is 4.12. The first kappa shape index (κ1) is 12.0. The van der Waals surface area contributed by atoms with E-state index in [1.54, 1.807) is 18.2 Å². The fourth-order valence-electron chi connectivity index (χ4n) is 1.11. The van der Waals surface area contributed by atoms with E-state index >= 15 is 0 Å². The first-order valence-corrected chi connectivity index (χ1v) is 5.08. The van der Waals surface area contributed by atoms with Crippen LogP contribution >= 0.6 is 11.6 Å². The molecule has 0 radical (unpaired) electrons. The summed E-state index contributed by atoms with van der Waals surface area (Å²) in [6.45, 7) is 3.79. The maximum atomic E-state index is 11.6. The van der Waals surface area contributed by atoms with Crippen LogP contribution in [0.5, 0.6) is 0 Å². The summed E-state index contributed by atoms with van der Waals surface area (Å²) in [5.74, 6) is -0.127. The molecule has 0 aliphatic carbocycles. The summed E-state index contributed by atoms with van der Waals surface area (Å²) in [6.07, 6.45) is 0.0301. The lowest BCUT2D eigenvalue weighted by molar-refractivity contribution is 0.0585. The van der Waals surface area contributed by atoms with Gasteiger partial charge >= 0.3 is 0 Å². The molecular weight excluding hydrogens is 214 g/mol. The van der Waals surface area contributed by atoms with E-state index in [-0.39, 0.29) is 18.5 Å². The minimum absolute atomic E-state index is 0.0301. The topological polar surface area (TPSA) is 52.3 Å². The van der Waals surface area contributed by atoms with Crippen molar-refractivity contribution in [2.75, 3.05) is 12.3 Å². The molecule has 1 aromatic carbocycles. The molecule has 0 fully saturated rings. The normalized spacial score (nSPS) is 10.7. The van der Waals surface area contributed by atoms with Gasteiger partial charge in [-0.3, -0.25) is 4.79 Å². The van der Waals surface area contributed by atoms with Crippen molar-refractivity contribution in [3.63, 3.8) is 0 Å². The van der Waals surface area contributed by atoms with Crippen LogP contribution in [-0.2, 0) is 4.74 Å². The first-order valence-electron chi connectivity index (χ1n) is 4.70. The highest BCUT2D eigenvalue weighted by Crippen LogP contribution is 2.18. The van der Waals surface area contributed by atoms with Gasteiger partial charge in [-0.1, -0.05) is 11.6 Å². The zero-order valence-electron chi connectivity index (χ0n) is 8.79. The highest BCUT2D eigenvalue weighted by Gasteiger charge is 2.10. The number of halogens is 1. The molecule has 0 bridgehead atoms. The molecule has 2 N–H and O–H groups in total. The molecule has 0 aromatic heterocycles. The van der Waals surface area contributed by atoms with E-state index in [9.17, 15) is 4.79 Å². The second kappa shape index (κ2) is 5.14. The van der Waals surface area contributed by atoms with E-state index in [4.69, 9.17) is 22.1 Å². The summed E-state index contributed by atoms with van der Waals surface area (Å²) in [5, 5.41) is 0.522. The van der Waals surface area contributed by atoms with Gasteiger partial charge in [0.2, 0.25) is 0 Å². The van der Waals surface area contributed by atoms with Crippen LogP contribution in [0.4, 0.5) is 5.69 Å². The van der Waals surface area contributed by atoms with Crippen molar-refractivity contribution in [1.82, 2.24) is 0 Å². The third-order valence-electron chi connectivity index (χ3n) is 1.86. The van der Waals surface area contributed by atoms with Gasteiger partial charge in [-0.2, -0.15) is 0 Å². The lowest BCUT2D eigenvalue weighted by atomic mass is 10.1. The molecule has 4 heteroatoms. The number of carbonyl (C=O) groups is 1. The van der Waals surface area contributed by atoms with E-state index in [0.29, 0.717) is 16.3 Å². The summed E-state index contributed by atoms with van der Waals surface area (Å²) in [6, 6.07) is 4.81. The predicted molar refractivity (Wildman–Crippen MR) is 61.3 cm³/mol. The fraction of sp³-hybridized carbons (Fsp3) is 0.364. The van der Waals surface area contributed by atoms with Gasteiger partial charge in [0.1, 0.15) is 6.61 Å². The Hall–Kier alpha value is -1.06. The highest BCUT2D eigenvalue weighted by molar-refractivity contribution is 6.31. The lowest BCUT2D eigenvalue weighted by Gasteiger charge is -2.08. The van der Waals surface area contributed by atoms with Crippen LogP contribution in [0.15, 0.2) is 18.2 Å². The Morgan fingerprint density at radius 3 is 2.73 bits per heavy atom. The van der Waals surface area contributed by atoms with Gasteiger partial charge < -0.3 is 10.5 Å². The molecule has 3 nitrogen and oxygen atoms in total. The summed E-state index contributed by atoms with van der Waals surface area (Å²) in [7, 11) is 0. The zero-order valence-corrected chi connectivity index (χ0v) is 9.54. The van der Waals surface area contributed by atoms with Crippen molar-refractivity contribution >= 4 is 23.1 Å². The standard InChI is InChI=1S/C11H14ClNO2/c1-7(2)15-6-11(14)9-4-3-8(12)5-10(9)13/h3-5,7H,6,13H2,1-2H3. The SMILES string of the molecule is CC(C)OCC(=O)c1ccc(Cl)cc1N. The molecule has 15 heavy (non-hydrogen) atoms. The maximum Gasteiger partial charge on any atom is 0.190 e. The number of benzene rings is 1. The number of carbonyl (C=O) groups excluding carboxylic acids is 1. The van der Waals surface area contributed by atoms with Crippen LogP contribution in [0.3, 0.4) is 0 Å².